The quantitative estimate of drug-likeness (QED) is 0.0747. The van der Waals surface area contributed by atoms with Gasteiger partial charge in [0, 0.05) is 6.42 Å². The van der Waals surface area contributed by atoms with Gasteiger partial charge in [0.2, 0.25) is 0 Å². The summed E-state index contributed by atoms with van der Waals surface area (Å²) in [5.74, 6) is 2.03. The van der Waals surface area contributed by atoms with Gasteiger partial charge >= 0.3 is 0 Å². The molecule has 0 amide bonds. The summed E-state index contributed by atoms with van der Waals surface area (Å²) in [4.78, 5) is 0. The topological polar surface area (TPSA) is 8.81 Å². The molecule has 0 N–H and O–H groups in total. The van der Waals surface area contributed by atoms with Crippen molar-refractivity contribution in [3.8, 4) is 0 Å². The molecule has 232 valence electrons. The van der Waals surface area contributed by atoms with Gasteiger partial charge in [-0.05, 0) is 42.7 Å². The maximum Gasteiger partial charge on any atom is 0.261 e. The van der Waals surface area contributed by atoms with Crippen molar-refractivity contribution in [3.05, 3.63) is 89.5 Å². The number of aryl methyl sites for hydroxylation is 1. The number of unbranched alkanes of at least 4 members (excludes halogenated alkanes) is 15. The third kappa shape index (κ3) is 12.9. The lowest BCUT2D eigenvalue weighted by atomic mass is 9.96. The third-order valence-corrected chi connectivity index (χ3v) is 9.12. The van der Waals surface area contributed by atoms with Crippen molar-refractivity contribution < 1.29 is 4.57 Å². The Hall–Kier alpha value is -2.35. The molecule has 0 fully saturated rings. The number of rotatable bonds is 24. The summed E-state index contributed by atoms with van der Waals surface area (Å²) in [6, 6.07) is 22.3. The van der Waals surface area contributed by atoms with Gasteiger partial charge in [-0.1, -0.05) is 165 Å². The Labute approximate surface area is 260 Å². The van der Waals surface area contributed by atoms with E-state index in [4.69, 9.17) is 0 Å². The summed E-state index contributed by atoms with van der Waals surface area (Å²) in [5, 5.41) is 0. The number of aromatic nitrogens is 2. The molecular formula is C40H63N2+. The number of hydrogen-bond donors (Lipinski definition) is 0. The smallest absolute Gasteiger partial charge is 0.234 e. The zero-order chi connectivity index (χ0) is 29.7. The number of hydrogen-bond acceptors (Lipinski definition) is 0. The fourth-order valence-electron chi connectivity index (χ4n) is 6.46. The fourth-order valence-corrected chi connectivity index (χ4v) is 6.46. The summed E-state index contributed by atoms with van der Waals surface area (Å²) in [6.45, 7) is 9.32. The number of imidazole rings is 1. The van der Waals surface area contributed by atoms with Gasteiger partial charge in [-0.2, -0.15) is 0 Å². The van der Waals surface area contributed by atoms with E-state index in [0.717, 1.165) is 25.9 Å². The van der Waals surface area contributed by atoms with E-state index in [1.54, 1.807) is 0 Å². The molecule has 1 atom stereocenters. The molecule has 2 aromatic carbocycles. The van der Waals surface area contributed by atoms with Crippen molar-refractivity contribution in [2.75, 3.05) is 0 Å². The molecule has 1 unspecified atom stereocenters. The van der Waals surface area contributed by atoms with Crippen LogP contribution in [0.2, 0.25) is 0 Å². The van der Waals surface area contributed by atoms with Crippen molar-refractivity contribution in [1.82, 2.24) is 4.57 Å². The van der Waals surface area contributed by atoms with E-state index in [9.17, 15) is 0 Å². The normalized spacial score (nSPS) is 12.2. The molecular weight excluding hydrogens is 508 g/mol. The first-order valence-corrected chi connectivity index (χ1v) is 17.9. The molecule has 3 aromatic rings. The molecule has 2 nitrogen and oxygen atoms in total. The lowest BCUT2D eigenvalue weighted by Crippen LogP contribution is -2.41. The minimum atomic E-state index is 0.518. The molecule has 0 aliphatic carbocycles. The summed E-state index contributed by atoms with van der Waals surface area (Å²) >= 11 is 0. The van der Waals surface area contributed by atoms with E-state index in [1.165, 1.54) is 132 Å². The van der Waals surface area contributed by atoms with Crippen LogP contribution in [0.5, 0.6) is 0 Å². The van der Waals surface area contributed by atoms with Crippen LogP contribution in [-0.2, 0) is 25.9 Å². The molecule has 2 heteroatoms. The van der Waals surface area contributed by atoms with Crippen molar-refractivity contribution in [2.24, 2.45) is 0 Å². The van der Waals surface area contributed by atoms with Crippen molar-refractivity contribution >= 4 is 0 Å². The van der Waals surface area contributed by atoms with Gasteiger partial charge in [-0.3, -0.25) is 0 Å². The monoisotopic (exact) mass is 571 g/mol. The van der Waals surface area contributed by atoms with Crippen LogP contribution in [0.15, 0.2) is 66.9 Å². The molecule has 0 saturated heterocycles. The minimum Gasteiger partial charge on any atom is -0.234 e. The Bertz CT molecular complexity index is 1050. The second-order valence-electron chi connectivity index (χ2n) is 12.9. The number of nitrogens with zero attached hydrogens (tertiary/aromatic N) is 2. The first-order valence-electron chi connectivity index (χ1n) is 17.9. The highest BCUT2D eigenvalue weighted by molar-refractivity contribution is 5.21. The average molecular weight is 572 g/mol. The molecule has 1 heterocycles. The van der Waals surface area contributed by atoms with Crippen LogP contribution < -0.4 is 4.57 Å². The standard InChI is InChI=1S/C40H63N2/c1-4-6-8-10-12-14-16-18-26-32-42-39(33-36(3)38-29-23-20-24-30-38)35-41(31-25-17-15-13-11-9-7-5-2)40(42)34-37-27-21-19-22-28-37/h19-24,27-30,35-36H,4-18,25-26,31-34H2,1-3H3/q+1. The Morgan fingerprint density at radius 3 is 1.67 bits per heavy atom. The number of benzene rings is 2. The van der Waals surface area contributed by atoms with E-state index in [1.807, 2.05) is 0 Å². The zero-order valence-electron chi connectivity index (χ0n) is 27.7. The largest absolute Gasteiger partial charge is 0.261 e. The SMILES string of the molecule is CCCCCCCCCCC[n+]1c(CC(C)c2ccccc2)cn(CCCCCCCCCC)c1Cc1ccccc1. The van der Waals surface area contributed by atoms with Gasteiger partial charge in [-0.25, -0.2) is 9.13 Å². The van der Waals surface area contributed by atoms with Gasteiger partial charge in [0.05, 0.1) is 19.5 Å². The Morgan fingerprint density at radius 1 is 0.595 bits per heavy atom. The molecule has 0 bridgehead atoms. The molecule has 0 spiro atoms. The zero-order valence-corrected chi connectivity index (χ0v) is 27.7. The molecule has 0 saturated carbocycles. The predicted molar refractivity (Wildman–Crippen MR) is 182 cm³/mol. The second-order valence-corrected chi connectivity index (χ2v) is 12.9. The van der Waals surface area contributed by atoms with Crippen LogP contribution in [0.4, 0.5) is 0 Å². The van der Waals surface area contributed by atoms with Gasteiger partial charge in [0.25, 0.3) is 5.82 Å². The third-order valence-electron chi connectivity index (χ3n) is 9.12. The average Bonchev–Trinajstić information content (AvgIpc) is 3.33. The molecule has 0 aliphatic heterocycles. The van der Waals surface area contributed by atoms with Crippen LogP contribution in [0.25, 0.3) is 0 Å². The minimum absolute atomic E-state index is 0.518. The van der Waals surface area contributed by atoms with Crippen LogP contribution >= 0.6 is 0 Å². The lowest BCUT2D eigenvalue weighted by Gasteiger charge is -2.12. The van der Waals surface area contributed by atoms with Crippen LogP contribution in [0.3, 0.4) is 0 Å². The maximum atomic E-state index is 2.73. The summed E-state index contributed by atoms with van der Waals surface area (Å²) in [6.07, 6.45) is 28.1. The second kappa shape index (κ2) is 21.4. The van der Waals surface area contributed by atoms with Crippen LogP contribution in [-0.4, -0.2) is 4.57 Å². The predicted octanol–water partition coefficient (Wildman–Crippen LogP) is 11.4. The van der Waals surface area contributed by atoms with Crippen LogP contribution in [0, 0.1) is 0 Å². The van der Waals surface area contributed by atoms with E-state index in [0.29, 0.717) is 5.92 Å². The molecule has 3 rings (SSSR count). The van der Waals surface area contributed by atoms with E-state index >= 15 is 0 Å². The Balaban J connectivity index is 1.70. The molecule has 42 heavy (non-hydrogen) atoms. The van der Waals surface area contributed by atoms with E-state index in [-0.39, 0.29) is 0 Å². The summed E-state index contributed by atoms with van der Waals surface area (Å²) < 4.78 is 5.38. The Morgan fingerprint density at radius 2 is 1.10 bits per heavy atom. The van der Waals surface area contributed by atoms with Gasteiger partial charge < -0.3 is 0 Å². The highest BCUT2D eigenvalue weighted by atomic mass is 15.2. The maximum absolute atomic E-state index is 2.73. The van der Waals surface area contributed by atoms with Gasteiger partial charge in [-0.15, -0.1) is 0 Å². The molecule has 0 aliphatic rings. The van der Waals surface area contributed by atoms with Crippen molar-refractivity contribution in [3.63, 3.8) is 0 Å². The first kappa shape index (κ1) is 34.1. The van der Waals surface area contributed by atoms with Crippen LogP contribution in [0.1, 0.15) is 158 Å². The summed E-state index contributed by atoms with van der Waals surface area (Å²) in [5.41, 5.74) is 4.40. The fraction of sp³-hybridized carbons (Fsp3) is 0.625. The first-order chi connectivity index (χ1) is 20.7. The molecule has 1 aromatic heterocycles. The Kier molecular flexibility index (Phi) is 17.4. The summed E-state index contributed by atoms with van der Waals surface area (Å²) in [7, 11) is 0. The highest BCUT2D eigenvalue weighted by Crippen LogP contribution is 2.21. The van der Waals surface area contributed by atoms with Crippen molar-refractivity contribution in [1.29, 1.82) is 0 Å². The highest BCUT2D eigenvalue weighted by Gasteiger charge is 2.25. The lowest BCUT2D eigenvalue weighted by molar-refractivity contribution is -0.710. The van der Waals surface area contributed by atoms with Crippen molar-refractivity contribution in [2.45, 2.75) is 162 Å². The van der Waals surface area contributed by atoms with E-state index in [2.05, 4.69) is 96.8 Å². The van der Waals surface area contributed by atoms with Gasteiger partial charge in [0.15, 0.2) is 0 Å². The van der Waals surface area contributed by atoms with Gasteiger partial charge in [0.1, 0.15) is 11.9 Å². The van der Waals surface area contributed by atoms with E-state index < -0.39 is 0 Å². The molecule has 0 radical (unpaired) electrons.